The van der Waals surface area contributed by atoms with Crippen molar-refractivity contribution in [3.63, 3.8) is 0 Å². The van der Waals surface area contributed by atoms with Gasteiger partial charge in [0.05, 0.1) is 11.8 Å². The van der Waals surface area contributed by atoms with E-state index in [0.717, 1.165) is 5.69 Å². The van der Waals surface area contributed by atoms with Crippen LogP contribution in [-0.4, -0.2) is 22.0 Å². The molecule has 2 N–H and O–H groups in total. The molecule has 0 saturated carbocycles. The molecule has 1 aromatic heterocycles. The van der Waals surface area contributed by atoms with E-state index in [4.69, 9.17) is 4.74 Å². The summed E-state index contributed by atoms with van der Waals surface area (Å²) in [6, 6.07) is 16.9. The van der Waals surface area contributed by atoms with E-state index in [9.17, 15) is 4.79 Å². The molecule has 1 amide bonds. The summed E-state index contributed by atoms with van der Waals surface area (Å²) in [4.78, 5) is 21.4. The van der Waals surface area contributed by atoms with E-state index in [0.29, 0.717) is 23.1 Å². The smallest absolute Gasteiger partial charge is 0.274 e. The van der Waals surface area contributed by atoms with Crippen molar-refractivity contribution in [2.24, 2.45) is 0 Å². The lowest BCUT2D eigenvalue weighted by atomic mass is 10.2. The molecule has 0 aliphatic carbocycles. The average Bonchev–Trinajstić information content (AvgIpc) is 2.64. The fourth-order valence-corrected chi connectivity index (χ4v) is 2.65. The van der Waals surface area contributed by atoms with Crippen LogP contribution in [0.3, 0.4) is 0 Å². The maximum absolute atomic E-state index is 12.8. The van der Waals surface area contributed by atoms with E-state index in [1.54, 1.807) is 19.1 Å². The van der Waals surface area contributed by atoms with E-state index in [1.807, 2.05) is 63.2 Å². The molecule has 0 saturated heterocycles. The Morgan fingerprint density at radius 3 is 2.43 bits per heavy atom. The van der Waals surface area contributed by atoms with Crippen molar-refractivity contribution >= 4 is 23.1 Å². The van der Waals surface area contributed by atoms with Crippen LogP contribution in [0.4, 0.5) is 17.2 Å². The van der Waals surface area contributed by atoms with Gasteiger partial charge >= 0.3 is 0 Å². The lowest BCUT2D eigenvalue weighted by Gasteiger charge is -2.15. The number of para-hydroxylation sites is 2. The van der Waals surface area contributed by atoms with Gasteiger partial charge in [0, 0.05) is 11.8 Å². The van der Waals surface area contributed by atoms with E-state index in [2.05, 4.69) is 20.6 Å². The van der Waals surface area contributed by atoms with Gasteiger partial charge in [-0.3, -0.25) is 4.79 Å². The molecular formula is C22H24N4O2. The third-order valence-electron chi connectivity index (χ3n) is 3.89. The lowest BCUT2D eigenvalue weighted by molar-refractivity contribution is 0.102. The van der Waals surface area contributed by atoms with Crippen molar-refractivity contribution in [2.45, 2.75) is 33.8 Å². The highest BCUT2D eigenvalue weighted by Crippen LogP contribution is 2.25. The molecule has 0 atom stereocenters. The highest BCUT2D eigenvalue weighted by molar-refractivity contribution is 6.04. The molecule has 0 unspecified atom stereocenters. The van der Waals surface area contributed by atoms with Crippen molar-refractivity contribution in [1.82, 2.24) is 9.97 Å². The lowest BCUT2D eigenvalue weighted by Crippen LogP contribution is -2.17. The number of hydrogen-bond acceptors (Lipinski definition) is 5. The third-order valence-corrected chi connectivity index (χ3v) is 3.89. The Morgan fingerprint density at radius 2 is 1.71 bits per heavy atom. The van der Waals surface area contributed by atoms with Gasteiger partial charge in [0.1, 0.15) is 23.1 Å². The van der Waals surface area contributed by atoms with Crippen LogP contribution in [0.2, 0.25) is 0 Å². The number of carbonyl (C=O) groups is 1. The maximum Gasteiger partial charge on any atom is 0.274 e. The second-order valence-corrected chi connectivity index (χ2v) is 6.79. The maximum atomic E-state index is 12.8. The molecular weight excluding hydrogens is 352 g/mol. The average molecular weight is 376 g/mol. The SMILES string of the molecule is Cc1ccc(Nc2cc(C(=O)Nc3ccccc3OC(C)C)nc(C)n2)cc1. The van der Waals surface area contributed by atoms with Crippen molar-refractivity contribution in [3.8, 4) is 5.75 Å². The van der Waals surface area contributed by atoms with Crippen molar-refractivity contribution < 1.29 is 9.53 Å². The number of aryl methyl sites for hydroxylation is 2. The minimum absolute atomic E-state index is 0.00431. The van der Waals surface area contributed by atoms with Crippen LogP contribution in [0.15, 0.2) is 54.6 Å². The van der Waals surface area contributed by atoms with Crippen LogP contribution in [0.25, 0.3) is 0 Å². The number of anilines is 3. The number of ether oxygens (including phenoxy) is 1. The predicted molar refractivity (Wildman–Crippen MR) is 111 cm³/mol. The van der Waals surface area contributed by atoms with Gasteiger partial charge in [-0.05, 0) is 52.0 Å². The number of nitrogens with zero attached hydrogens (tertiary/aromatic N) is 2. The second kappa shape index (κ2) is 8.52. The predicted octanol–water partition coefficient (Wildman–Crippen LogP) is 4.88. The minimum Gasteiger partial charge on any atom is -0.489 e. The van der Waals surface area contributed by atoms with Gasteiger partial charge in [-0.15, -0.1) is 0 Å². The largest absolute Gasteiger partial charge is 0.489 e. The molecule has 3 aromatic rings. The first kappa shape index (κ1) is 19.4. The Labute approximate surface area is 165 Å². The second-order valence-electron chi connectivity index (χ2n) is 6.79. The Balaban J connectivity index is 1.81. The monoisotopic (exact) mass is 376 g/mol. The molecule has 6 heteroatoms. The summed E-state index contributed by atoms with van der Waals surface area (Å²) in [6.07, 6.45) is 0.00431. The summed E-state index contributed by atoms with van der Waals surface area (Å²) < 4.78 is 5.76. The number of aromatic nitrogens is 2. The van der Waals surface area contributed by atoms with Crippen LogP contribution in [0.5, 0.6) is 5.75 Å². The number of hydrogen-bond donors (Lipinski definition) is 2. The summed E-state index contributed by atoms with van der Waals surface area (Å²) in [5.41, 5.74) is 2.95. The van der Waals surface area contributed by atoms with E-state index < -0.39 is 0 Å². The Morgan fingerprint density at radius 1 is 1.00 bits per heavy atom. The fraction of sp³-hybridized carbons (Fsp3) is 0.227. The number of nitrogens with one attached hydrogen (secondary N) is 2. The van der Waals surface area contributed by atoms with Crippen LogP contribution >= 0.6 is 0 Å². The summed E-state index contributed by atoms with van der Waals surface area (Å²) in [7, 11) is 0. The zero-order chi connectivity index (χ0) is 20.1. The number of amides is 1. The highest BCUT2D eigenvalue weighted by atomic mass is 16.5. The zero-order valence-electron chi connectivity index (χ0n) is 16.5. The zero-order valence-corrected chi connectivity index (χ0v) is 16.5. The molecule has 0 radical (unpaired) electrons. The Hall–Kier alpha value is -3.41. The normalized spacial score (nSPS) is 10.6. The first-order valence-corrected chi connectivity index (χ1v) is 9.17. The van der Waals surface area contributed by atoms with Crippen LogP contribution in [-0.2, 0) is 0 Å². The molecule has 144 valence electrons. The van der Waals surface area contributed by atoms with Gasteiger partial charge in [-0.1, -0.05) is 29.8 Å². The number of carbonyl (C=O) groups excluding carboxylic acids is 1. The van der Waals surface area contributed by atoms with E-state index >= 15 is 0 Å². The van der Waals surface area contributed by atoms with Crippen molar-refractivity contribution in [1.29, 1.82) is 0 Å². The number of benzene rings is 2. The summed E-state index contributed by atoms with van der Waals surface area (Å²) in [5.74, 6) is 1.37. The van der Waals surface area contributed by atoms with Gasteiger partial charge in [-0.25, -0.2) is 9.97 Å². The van der Waals surface area contributed by atoms with Gasteiger partial charge in [0.2, 0.25) is 0 Å². The van der Waals surface area contributed by atoms with Gasteiger partial charge < -0.3 is 15.4 Å². The molecule has 0 spiro atoms. The summed E-state index contributed by atoms with van der Waals surface area (Å²) >= 11 is 0. The molecule has 6 nitrogen and oxygen atoms in total. The summed E-state index contributed by atoms with van der Waals surface area (Å²) in [5, 5.41) is 6.09. The highest BCUT2D eigenvalue weighted by Gasteiger charge is 2.14. The molecule has 2 aromatic carbocycles. The molecule has 0 bridgehead atoms. The van der Waals surface area contributed by atoms with Crippen LogP contribution in [0, 0.1) is 13.8 Å². The van der Waals surface area contributed by atoms with E-state index in [1.165, 1.54) is 5.56 Å². The first-order valence-electron chi connectivity index (χ1n) is 9.17. The summed E-state index contributed by atoms with van der Waals surface area (Å²) in [6.45, 7) is 7.67. The standard InChI is InChI=1S/C22H24N4O2/c1-14(2)28-20-8-6-5-7-18(20)26-22(27)19-13-21(24-16(4)23-19)25-17-11-9-15(3)10-12-17/h5-14H,1-4H3,(H,26,27)(H,23,24,25). The molecule has 1 heterocycles. The number of rotatable bonds is 6. The fourth-order valence-electron chi connectivity index (χ4n) is 2.65. The third kappa shape index (κ3) is 5.07. The van der Waals surface area contributed by atoms with E-state index in [-0.39, 0.29) is 17.7 Å². The van der Waals surface area contributed by atoms with Crippen molar-refractivity contribution in [3.05, 3.63) is 71.7 Å². The molecule has 28 heavy (non-hydrogen) atoms. The topological polar surface area (TPSA) is 76.1 Å². The molecule has 0 aliphatic rings. The van der Waals surface area contributed by atoms with Crippen LogP contribution < -0.4 is 15.4 Å². The Bertz CT molecular complexity index is 969. The van der Waals surface area contributed by atoms with Gasteiger partial charge in [0.25, 0.3) is 5.91 Å². The van der Waals surface area contributed by atoms with Crippen molar-refractivity contribution in [2.75, 3.05) is 10.6 Å². The van der Waals surface area contributed by atoms with Crippen LogP contribution in [0.1, 0.15) is 35.7 Å². The first-order chi connectivity index (χ1) is 13.4. The minimum atomic E-state index is -0.322. The molecule has 0 fully saturated rings. The van der Waals surface area contributed by atoms with Gasteiger partial charge in [0.15, 0.2) is 0 Å². The molecule has 0 aliphatic heterocycles. The molecule has 3 rings (SSSR count). The Kier molecular flexibility index (Phi) is 5.89. The van der Waals surface area contributed by atoms with Gasteiger partial charge in [-0.2, -0.15) is 0 Å². The quantitative estimate of drug-likeness (QED) is 0.641.